The molecule has 0 aliphatic heterocycles. The molecule has 0 amide bonds. The summed E-state index contributed by atoms with van der Waals surface area (Å²) in [6.07, 6.45) is 0.686. The molecule has 0 radical (unpaired) electrons. The minimum Gasteiger partial charge on any atom is -0.494 e. The van der Waals surface area contributed by atoms with Crippen LogP contribution in [0.3, 0.4) is 0 Å². The first-order chi connectivity index (χ1) is 9.72. The van der Waals surface area contributed by atoms with Crippen molar-refractivity contribution in [2.75, 3.05) is 26.1 Å². The second-order valence-corrected chi connectivity index (χ2v) is 4.83. The van der Waals surface area contributed by atoms with Gasteiger partial charge in [0.1, 0.15) is 5.82 Å². The molecule has 7 heteroatoms. The van der Waals surface area contributed by atoms with Crippen LogP contribution in [-0.4, -0.2) is 30.2 Å². The van der Waals surface area contributed by atoms with Crippen molar-refractivity contribution in [3.63, 3.8) is 0 Å². The summed E-state index contributed by atoms with van der Waals surface area (Å²) in [6, 6.07) is 4.86. The minimum atomic E-state index is -0.371. The summed E-state index contributed by atoms with van der Waals surface area (Å²) in [6.45, 7) is 1.08. The first-order valence-electron chi connectivity index (χ1n) is 6.10. The first kappa shape index (κ1) is 14.7. The van der Waals surface area contributed by atoms with Gasteiger partial charge in [0.2, 0.25) is 5.13 Å². The fraction of sp³-hybridized carbons (Fsp3) is 0.385. The number of hydrogen-bond donors (Lipinski definition) is 1. The average molecular weight is 297 g/mol. The molecular weight excluding hydrogens is 281 g/mol. The van der Waals surface area contributed by atoms with E-state index in [0.717, 1.165) is 11.4 Å². The van der Waals surface area contributed by atoms with Gasteiger partial charge in [-0.2, -0.15) is 4.37 Å². The van der Waals surface area contributed by atoms with Crippen LogP contribution in [0.5, 0.6) is 5.75 Å². The summed E-state index contributed by atoms with van der Waals surface area (Å²) < 4.78 is 27.6. The molecule has 0 atom stereocenters. The van der Waals surface area contributed by atoms with Gasteiger partial charge in [-0.05, 0) is 17.7 Å². The number of nitrogens with zero attached hydrogens (tertiary/aromatic N) is 2. The van der Waals surface area contributed by atoms with Crippen LogP contribution in [0, 0.1) is 5.82 Å². The fourth-order valence-electron chi connectivity index (χ4n) is 1.62. The Morgan fingerprint density at radius 2 is 2.20 bits per heavy atom. The lowest BCUT2D eigenvalue weighted by Crippen LogP contribution is -2.01. The summed E-state index contributed by atoms with van der Waals surface area (Å²) in [4.78, 5) is 4.32. The van der Waals surface area contributed by atoms with Gasteiger partial charge < -0.3 is 14.8 Å². The van der Waals surface area contributed by atoms with Gasteiger partial charge in [-0.3, -0.25) is 0 Å². The molecule has 2 rings (SSSR count). The SMILES string of the molecule is COCCc1nsc(NCc2ccc(OC)c(F)c2)n1. The van der Waals surface area contributed by atoms with E-state index in [1.165, 1.54) is 24.7 Å². The van der Waals surface area contributed by atoms with E-state index in [2.05, 4.69) is 14.7 Å². The molecular formula is C13H16FN3O2S. The molecule has 0 bridgehead atoms. The molecule has 1 aromatic carbocycles. The van der Waals surface area contributed by atoms with Crippen LogP contribution in [0.4, 0.5) is 9.52 Å². The molecule has 20 heavy (non-hydrogen) atoms. The van der Waals surface area contributed by atoms with Crippen LogP contribution < -0.4 is 10.1 Å². The maximum absolute atomic E-state index is 13.5. The second-order valence-electron chi connectivity index (χ2n) is 4.08. The number of ether oxygens (including phenoxy) is 2. The Hall–Kier alpha value is -1.73. The predicted molar refractivity (Wildman–Crippen MR) is 75.8 cm³/mol. The van der Waals surface area contributed by atoms with E-state index < -0.39 is 0 Å². The molecule has 0 saturated carbocycles. The molecule has 0 aliphatic rings. The summed E-state index contributed by atoms with van der Waals surface area (Å²) >= 11 is 1.28. The zero-order valence-electron chi connectivity index (χ0n) is 11.4. The maximum Gasteiger partial charge on any atom is 0.202 e. The van der Waals surface area contributed by atoms with Crippen LogP contribution >= 0.6 is 11.5 Å². The van der Waals surface area contributed by atoms with Gasteiger partial charge in [0.15, 0.2) is 11.6 Å². The molecule has 0 fully saturated rings. The van der Waals surface area contributed by atoms with E-state index in [1.54, 1.807) is 13.2 Å². The van der Waals surface area contributed by atoms with E-state index in [4.69, 9.17) is 9.47 Å². The summed E-state index contributed by atoms with van der Waals surface area (Å²) in [5, 5.41) is 3.83. The highest BCUT2D eigenvalue weighted by Crippen LogP contribution is 2.19. The average Bonchev–Trinajstić information content (AvgIpc) is 2.91. The zero-order valence-corrected chi connectivity index (χ0v) is 12.2. The van der Waals surface area contributed by atoms with Gasteiger partial charge >= 0.3 is 0 Å². The van der Waals surface area contributed by atoms with Crippen LogP contribution in [-0.2, 0) is 17.7 Å². The number of hydrogen-bond acceptors (Lipinski definition) is 6. The van der Waals surface area contributed by atoms with Crippen LogP contribution in [0.25, 0.3) is 0 Å². The number of benzene rings is 1. The van der Waals surface area contributed by atoms with Gasteiger partial charge in [0.25, 0.3) is 0 Å². The molecule has 2 aromatic rings. The minimum absolute atomic E-state index is 0.242. The second kappa shape index (κ2) is 7.16. The molecule has 1 aromatic heterocycles. The molecule has 1 heterocycles. The first-order valence-corrected chi connectivity index (χ1v) is 6.88. The highest BCUT2D eigenvalue weighted by molar-refractivity contribution is 7.09. The Kier molecular flexibility index (Phi) is 5.25. The van der Waals surface area contributed by atoms with Crippen molar-refractivity contribution >= 4 is 16.7 Å². The highest BCUT2D eigenvalue weighted by atomic mass is 32.1. The lowest BCUT2D eigenvalue weighted by atomic mass is 10.2. The molecule has 0 aliphatic carbocycles. The maximum atomic E-state index is 13.5. The van der Waals surface area contributed by atoms with Crippen LogP contribution in [0.15, 0.2) is 18.2 Å². The topological polar surface area (TPSA) is 56.3 Å². The van der Waals surface area contributed by atoms with Gasteiger partial charge in [0, 0.05) is 31.6 Å². The van der Waals surface area contributed by atoms with Crippen LogP contribution in [0.2, 0.25) is 0 Å². The van der Waals surface area contributed by atoms with Crippen molar-refractivity contribution in [2.24, 2.45) is 0 Å². The van der Waals surface area contributed by atoms with E-state index in [1.807, 2.05) is 6.07 Å². The van der Waals surface area contributed by atoms with Crippen molar-refractivity contribution in [1.82, 2.24) is 9.36 Å². The van der Waals surface area contributed by atoms with Crippen molar-refractivity contribution < 1.29 is 13.9 Å². The van der Waals surface area contributed by atoms with Crippen molar-refractivity contribution in [2.45, 2.75) is 13.0 Å². The Morgan fingerprint density at radius 1 is 1.35 bits per heavy atom. The summed E-state index contributed by atoms with van der Waals surface area (Å²) in [7, 11) is 3.09. The Labute approximate surface area is 120 Å². The quantitative estimate of drug-likeness (QED) is 0.851. The monoisotopic (exact) mass is 297 g/mol. The molecule has 1 N–H and O–H groups in total. The van der Waals surface area contributed by atoms with Crippen molar-refractivity contribution in [1.29, 1.82) is 0 Å². The lowest BCUT2D eigenvalue weighted by Gasteiger charge is -2.05. The van der Waals surface area contributed by atoms with E-state index in [0.29, 0.717) is 24.7 Å². The molecule has 0 unspecified atom stereocenters. The van der Waals surface area contributed by atoms with Crippen molar-refractivity contribution in [3.8, 4) is 5.75 Å². The highest BCUT2D eigenvalue weighted by Gasteiger charge is 2.06. The van der Waals surface area contributed by atoms with Gasteiger partial charge in [0.05, 0.1) is 13.7 Å². The third-order valence-corrected chi connectivity index (χ3v) is 3.37. The number of anilines is 1. The fourth-order valence-corrected chi connectivity index (χ4v) is 2.23. The van der Waals surface area contributed by atoms with E-state index >= 15 is 0 Å². The number of aromatic nitrogens is 2. The molecule has 108 valence electrons. The van der Waals surface area contributed by atoms with Gasteiger partial charge in [-0.15, -0.1) is 0 Å². The summed E-state index contributed by atoms with van der Waals surface area (Å²) in [5.41, 5.74) is 0.817. The largest absolute Gasteiger partial charge is 0.494 e. The zero-order chi connectivity index (χ0) is 14.4. The Morgan fingerprint density at radius 3 is 2.90 bits per heavy atom. The van der Waals surface area contributed by atoms with Gasteiger partial charge in [-0.25, -0.2) is 9.37 Å². The van der Waals surface area contributed by atoms with E-state index in [-0.39, 0.29) is 11.6 Å². The van der Waals surface area contributed by atoms with E-state index in [9.17, 15) is 4.39 Å². The number of methoxy groups -OCH3 is 2. The third-order valence-electron chi connectivity index (χ3n) is 2.66. The normalized spacial score (nSPS) is 10.6. The Bertz CT molecular complexity index is 562. The van der Waals surface area contributed by atoms with Gasteiger partial charge in [-0.1, -0.05) is 6.07 Å². The van der Waals surface area contributed by atoms with Crippen molar-refractivity contribution in [3.05, 3.63) is 35.4 Å². The number of nitrogens with one attached hydrogen (secondary N) is 1. The molecule has 5 nitrogen and oxygen atoms in total. The third kappa shape index (κ3) is 3.88. The molecule has 0 saturated heterocycles. The standard InChI is InChI=1S/C13H16FN3O2S/c1-18-6-5-12-16-13(20-17-12)15-8-9-3-4-11(19-2)10(14)7-9/h3-4,7H,5-6,8H2,1-2H3,(H,15,16,17). The number of halogens is 1. The lowest BCUT2D eigenvalue weighted by molar-refractivity contribution is 0.201. The smallest absolute Gasteiger partial charge is 0.202 e. The Balaban J connectivity index is 1.91. The predicted octanol–water partition coefficient (Wildman–Crippen LogP) is 2.49. The summed E-state index contributed by atoms with van der Waals surface area (Å²) in [5.74, 6) is 0.622. The molecule has 0 spiro atoms. The van der Waals surface area contributed by atoms with Crippen LogP contribution in [0.1, 0.15) is 11.4 Å². The number of rotatable bonds is 7.